The predicted molar refractivity (Wildman–Crippen MR) is 158 cm³/mol. The number of carboxylic acid groups (broad SMARTS) is 2. The van der Waals surface area contributed by atoms with Gasteiger partial charge < -0.3 is 40.6 Å². The van der Waals surface area contributed by atoms with Gasteiger partial charge in [0.25, 0.3) is 0 Å². The number of benzene rings is 1. The lowest BCUT2D eigenvalue weighted by molar-refractivity contribution is -0.144. The summed E-state index contributed by atoms with van der Waals surface area (Å²) in [6, 6.07) is 4.25. The summed E-state index contributed by atoms with van der Waals surface area (Å²) < 4.78 is 10.4. The lowest BCUT2D eigenvalue weighted by atomic mass is 10.0. The summed E-state index contributed by atoms with van der Waals surface area (Å²) in [7, 11) is 0. The van der Waals surface area contributed by atoms with Crippen LogP contribution < -0.4 is 21.3 Å². The van der Waals surface area contributed by atoms with Gasteiger partial charge in [0.15, 0.2) is 0 Å². The number of aliphatic carboxylic acids is 2. The van der Waals surface area contributed by atoms with Gasteiger partial charge in [0.05, 0.1) is 12.0 Å². The molecule has 15 nitrogen and oxygen atoms in total. The summed E-state index contributed by atoms with van der Waals surface area (Å²) in [5.74, 6) is -3.43. The first-order valence-corrected chi connectivity index (χ1v) is 14.2. The molecule has 0 aliphatic carbocycles. The van der Waals surface area contributed by atoms with Gasteiger partial charge in [-0.05, 0) is 52.5 Å². The number of carbonyl (C=O) groups excluding carboxylic acids is 3. The van der Waals surface area contributed by atoms with Crippen LogP contribution in [0.2, 0.25) is 0 Å². The van der Waals surface area contributed by atoms with Crippen molar-refractivity contribution in [2.45, 2.75) is 89.8 Å². The molecule has 242 valence electrons. The molecule has 44 heavy (non-hydrogen) atoms. The standard InChI is InChI=1S/C29H42N6O9/c1-18(33-22(25(37)38)14-20-15-30-17-32-20)23(26(39)40)35-24(36)21(34-28(42)44-29(2,3)4)12-8-9-13-31-27(41)43-16-19-10-6-5-7-11-19/h5-7,10-11,15,17-18,21-23,33H,8-9,12-14,16H2,1-4H3,(H,30,32)(H,31,41)(H,34,42)(H,35,36)(H,37,38)(H,39,40)/t18-,21+,22+,23+/m1/s1. The van der Waals surface area contributed by atoms with E-state index in [4.69, 9.17) is 9.47 Å². The van der Waals surface area contributed by atoms with Crippen molar-refractivity contribution in [2.24, 2.45) is 0 Å². The molecule has 7 N–H and O–H groups in total. The van der Waals surface area contributed by atoms with Crippen molar-refractivity contribution < 1.29 is 43.7 Å². The third-order valence-corrected chi connectivity index (χ3v) is 6.20. The van der Waals surface area contributed by atoms with E-state index in [1.165, 1.54) is 19.4 Å². The van der Waals surface area contributed by atoms with E-state index in [0.29, 0.717) is 18.5 Å². The number of imidazole rings is 1. The molecule has 0 saturated carbocycles. The van der Waals surface area contributed by atoms with E-state index < -0.39 is 59.8 Å². The van der Waals surface area contributed by atoms with Crippen LogP contribution in [0.25, 0.3) is 0 Å². The zero-order chi connectivity index (χ0) is 32.7. The van der Waals surface area contributed by atoms with E-state index in [9.17, 15) is 34.2 Å². The van der Waals surface area contributed by atoms with Crippen molar-refractivity contribution in [3.8, 4) is 0 Å². The number of unbranched alkanes of at least 4 members (excludes halogenated alkanes) is 1. The third kappa shape index (κ3) is 13.5. The zero-order valence-electron chi connectivity index (χ0n) is 25.3. The highest BCUT2D eigenvalue weighted by Crippen LogP contribution is 2.10. The third-order valence-electron chi connectivity index (χ3n) is 6.20. The summed E-state index contributed by atoms with van der Waals surface area (Å²) in [5.41, 5.74) is 0.441. The molecular weight excluding hydrogens is 576 g/mol. The van der Waals surface area contributed by atoms with Gasteiger partial charge in [-0.1, -0.05) is 30.3 Å². The topological polar surface area (TPSA) is 221 Å². The molecule has 0 radical (unpaired) electrons. The summed E-state index contributed by atoms with van der Waals surface area (Å²) in [5, 5.41) is 29.7. The van der Waals surface area contributed by atoms with Crippen molar-refractivity contribution in [2.75, 3.05) is 6.54 Å². The minimum absolute atomic E-state index is 0.0277. The van der Waals surface area contributed by atoms with E-state index >= 15 is 0 Å². The highest BCUT2D eigenvalue weighted by molar-refractivity contribution is 5.89. The number of nitrogens with one attached hydrogen (secondary N) is 5. The Bertz CT molecular complexity index is 1220. The molecule has 2 aromatic rings. The Morgan fingerprint density at radius 3 is 2.25 bits per heavy atom. The van der Waals surface area contributed by atoms with E-state index in [0.717, 1.165) is 5.56 Å². The van der Waals surface area contributed by atoms with Crippen LogP contribution in [0, 0.1) is 0 Å². The molecule has 3 amide bonds. The molecule has 0 bridgehead atoms. The average Bonchev–Trinajstić information content (AvgIpc) is 3.46. The van der Waals surface area contributed by atoms with E-state index in [1.54, 1.807) is 20.8 Å². The number of nitrogens with zero attached hydrogens (tertiary/aromatic N) is 1. The highest BCUT2D eigenvalue weighted by atomic mass is 16.6. The molecule has 15 heteroatoms. The van der Waals surface area contributed by atoms with Crippen LogP contribution in [0.15, 0.2) is 42.9 Å². The van der Waals surface area contributed by atoms with Crippen LogP contribution in [0.4, 0.5) is 9.59 Å². The molecule has 0 spiro atoms. The van der Waals surface area contributed by atoms with E-state index in [-0.39, 0.29) is 26.0 Å². The maximum absolute atomic E-state index is 13.2. The number of hydrogen-bond donors (Lipinski definition) is 7. The number of H-pyrrole nitrogens is 1. The van der Waals surface area contributed by atoms with Crippen molar-refractivity contribution in [3.63, 3.8) is 0 Å². The molecule has 2 rings (SSSR count). The predicted octanol–water partition coefficient (Wildman–Crippen LogP) is 1.94. The van der Waals surface area contributed by atoms with Crippen LogP contribution in [0.5, 0.6) is 0 Å². The summed E-state index contributed by atoms with van der Waals surface area (Å²) in [6.45, 7) is 6.74. The normalized spacial score (nSPS) is 13.9. The number of aromatic nitrogens is 2. The zero-order valence-corrected chi connectivity index (χ0v) is 25.3. The van der Waals surface area contributed by atoms with E-state index in [2.05, 4.69) is 31.2 Å². The van der Waals surface area contributed by atoms with Gasteiger partial charge in [0, 0.05) is 25.2 Å². The van der Waals surface area contributed by atoms with Crippen molar-refractivity contribution in [1.82, 2.24) is 31.2 Å². The molecule has 0 saturated heterocycles. The van der Waals surface area contributed by atoms with E-state index in [1.807, 2.05) is 30.3 Å². The Hall–Kier alpha value is -4.66. The molecule has 1 aromatic heterocycles. The second-order valence-electron chi connectivity index (χ2n) is 11.1. The molecule has 4 atom stereocenters. The fourth-order valence-corrected chi connectivity index (χ4v) is 4.05. The lowest BCUT2D eigenvalue weighted by Gasteiger charge is -2.28. The monoisotopic (exact) mass is 618 g/mol. The Kier molecular flexibility index (Phi) is 14.1. The van der Waals surface area contributed by atoms with Crippen molar-refractivity contribution in [1.29, 1.82) is 0 Å². The number of ether oxygens (including phenoxy) is 2. The van der Waals surface area contributed by atoms with Crippen molar-refractivity contribution >= 4 is 30.0 Å². The van der Waals surface area contributed by atoms with Crippen LogP contribution in [0.1, 0.15) is 58.2 Å². The summed E-state index contributed by atoms with van der Waals surface area (Å²) >= 11 is 0. The Labute approximate surface area is 255 Å². The minimum atomic E-state index is -1.53. The van der Waals surface area contributed by atoms with Gasteiger partial charge >= 0.3 is 24.1 Å². The van der Waals surface area contributed by atoms with Crippen LogP contribution >= 0.6 is 0 Å². The largest absolute Gasteiger partial charge is 0.480 e. The minimum Gasteiger partial charge on any atom is -0.480 e. The summed E-state index contributed by atoms with van der Waals surface area (Å²) in [4.78, 5) is 68.3. The second kappa shape index (κ2) is 17.5. The number of alkyl carbamates (subject to hydrolysis) is 2. The first-order valence-electron chi connectivity index (χ1n) is 14.2. The van der Waals surface area contributed by atoms with Gasteiger partial charge in [-0.15, -0.1) is 0 Å². The molecule has 1 heterocycles. The van der Waals surface area contributed by atoms with Crippen LogP contribution in [-0.2, 0) is 36.9 Å². The first kappa shape index (κ1) is 35.5. The SMILES string of the molecule is C[C@@H](N[C@@H](Cc1c[nH]cn1)C(=O)O)[C@H](NC(=O)[C@H](CCCCNC(=O)OCc1ccccc1)NC(=O)OC(C)(C)C)C(=O)O. The number of hydrogen-bond acceptors (Lipinski definition) is 9. The smallest absolute Gasteiger partial charge is 0.408 e. The van der Waals surface area contributed by atoms with Crippen LogP contribution in [-0.4, -0.2) is 86.5 Å². The Balaban J connectivity index is 1.97. The molecule has 0 aliphatic rings. The second-order valence-corrected chi connectivity index (χ2v) is 11.1. The quantitative estimate of drug-likeness (QED) is 0.127. The number of aromatic amines is 1. The number of carbonyl (C=O) groups is 5. The molecule has 1 aromatic carbocycles. The fourth-order valence-electron chi connectivity index (χ4n) is 4.05. The van der Waals surface area contributed by atoms with Gasteiger partial charge in [-0.3, -0.25) is 14.9 Å². The first-order chi connectivity index (χ1) is 20.7. The molecular formula is C29H42N6O9. The lowest BCUT2D eigenvalue weighted by Crippen LogP contribution is -2.60. The maximum Gasteiger partial charge on any atom is 0.408 e. The van der Waals surface area contributed by atoms with Gasteiger partial charge in [-0.2, -0.15) is 0 Å². The van der Waals surface area contributed by atoms with Gasteiger partial charge in [0.1, 0.15) is 30.3 Å². The van der Waals surface area contributed by atoms with Crippen molar-refractivity contribution in [3.05, 3.63) is 54.1 Å². The number of rotatable bonds is 17. The fraction of sp³-hybridized carbons (Fsp3) is 0.517. The average molecular weight is 619 g/mol. The highest BCUT2D eigenvalue weighted by Gasteiger charge is 2.33. The molecule has 0 fully saturated rings. The maximum atomic E-state index is 13.2. The van der Waals surface area contributed by atoms with Crippen LogP contribution in [0.3, 0.4) is 0 Å². The van der Waals surface area contributed by atoms with Gasteiger partial charge in [-0.25, -0.2) is 19.4 Å². The van der Waals surface area contributed by atoms with Gasteiger partial charge in [0.2, 0.25) is 5.91 Å². The molecule has 0 unspecified atom stereocenters. The summed E-state index contributed by atoms with van der Waals surface area (Å²) in [6.07, 6.45) is 2.29. The number of carboxylic acids is 2. The number of amides is 3. The molecule has 0 aliphatic heterocycles. The Morgan fingerprint density at radius 1 is 0.955 bits per heavy atom. The Morgan fingerprint density at radius 2 is 1.66 bits per heavy atom.